The molecule has 13 heteroatoms. The maximum atomic E-state index is 13.7. The molecule has 1 atom stereocenters. The van der Waals surface area contributed by atoms with Gasteiger partial charge in [-0.1, -0.05) is 29.3 Å². The SMILES string of the molecule is CCOC(=O)c1ccc(N2C(=O)C(CC(=O)Nc3cc(Cl)cc(Cl)c3)N(NC(=O)c3cccc(OC)c3)C2=S)cc1. The van der Waals surface area contributed by atoms with Crippen molar-refractivity contribution in [2.45, 2.75) is 19.4 Å². The summed E-state index contributed by atoms with van der Waals surface area (Å²) in [6.07, 6.45) is -0.376. The summed E-state index contributed by atoms with van der Waals surface area (Å²) in [5.41, 5.74) is 3.84. The number of hydrogen-bond acceptors (Lipinski definition) is 7. The van der Waals surface area contributed by atoms with Crippen LogP contribution >= 0.6 is 35.4 Å². The number of hydrazine groups is 1. The topological polar surface area (TPSA) is 117 Å². The van der Waals surface area contributed by atoms with E-state index >= 15 is 0 Å². The fourth-order valence-corrected chi connectivity index (χ4v) is 4.94. The number of carbonyl (C=O) groups is 4. The van der Waals surface area contributed by atoms with Gasteiger partial charge in [-0.25, -0.2) is 9.80 Å². The zero-order chi connectivity index (χ0) is 29.7. The second-order valence-corrected chi connectivity index (χ2v) is 9.93. The first kappa shape index (κ1) is 29.8. The van der Waals surface area contributed by atoms with Crippen LogP contribution in [-0.2, 0) is 14.3 Å². The van der Waals surface area contributed by atoms with Gasteiger partial charge in [-0.2, -0.15) is 0 Å². The van der Waals surface area contributed by atoms with Gasteiger partial charge in [0.25, 0.3) is 11.8 Å². The molecule has 212 valence electrons. The summed E-state index contributed by atoms with van der Waals surface area (Å²) in [7, 11) is 1.47. The number of thiocarbonyl (C=S) groups is 1. The Morgan fingerprint density at radius 3 is 2.29 bits per heavy atom. The molecule has 1 aliphatic rings. The molecule has 10 nitrogen and oxygen atoms in total. The quantitative estimate of drug-likeness (QED) is 0.259. The fourth-order valence-electron chi connectivity index (χ4n) is 4.05. The molecule has 0 aliphatic carbocycles. The summed E-state index contributed by atoms with van der Waals surface area (Å²) in [6, 6.07) is 15.8. The number of nitrogens with one attached hydrogen (secondary N) is 2. The molecule has 3 aromatic rings. The Labute approximate surface area is 251 Å². The van der Waals surface area contributed by atoms with Gasteiger partial charge >= 0.3 is 5.97 Å². The Morgan fingerprint density at radius 2 is 1.66 bits per heavy atom. The molecule has 0 bridgehead atoms. The lowest BCUT2D eigenvalue weighted by Gasteiger charge is -2.24. The van der Waals surface area contributed by atoms with Crippen molar-refractivity contribution in [3.05, 3.63) is 87.9 Å². The van der Waals surface area contributed by atoms with Crippen LogP contribution in [0, 0.1) is 0 Å². The minimum atomic E-state index is -1.20. The van der Waals surface area contributed by atoms with Crippen molar-refractivity contribution in [1.29, 1.82) is 0 Å². The van der Waals surface area contributed by atoms with E-state index in [2.05, 4.69) is 10.7 Å². The average molecular weight is 615 g/mol. The van der Waals surface area contributed by atoms with E-state index in [1.165, 1.54) is 65.5 Å². The molecular formula is C28H24Cl2N4O6S. The summed E-state index contributed by atoms with van der Waals surface area (Å²) in [4.78, 5) is 53.1. The number of carbonyl (C=O) groups excluding carboxylic acids is 4. The Hall–Kier alpha value is -4.19. The zero-order valence-corrected chi connectivity index (χ0v) is 24.2. The van der Waals surface area contributed by atoms with Gasteiger partial charge in [0.15, 0.2) is 0 Å². The standard InChI is InChI=1S/C28H24Cl2N4O6S/c1-3-40-27(38)16-7-9-21(10-8-16)33-26(37)23(15-24(35)31-20-13-18(29)12-19(30)14-20)34(28(33)41)32-25(36)17-5-4-6-22(11-17)39-2/h4-14,23H,3,15H2,1-2H3,(H,31,35)(H,32,36). The van der Waals surface area contributed by atoms with Crippen LogP contribution in [0.2, 0.25) is 10.0 Å². The zero-order valence-electron chi connectivity index (χ0n) is 21.9. The van der Waals surface area contributed by atoms with Gasteiger partial charge < -0.3 is 14.8 Å². The third kappa shape index (κ3) is 6.94. The van der Waals surface area contributed by atoms with Crippen LogP contribution in [0.5, 0.6) is 5.75 Å². The molecular weight excluding hydrogens is 591 g/mol. The summed E-state index contributed by atoms with van der Waals surface area (Å²) < 4.78 is 10.2. The molecule has 3 amide bonds. The summed E-state index contributed by atoms with van der Waals surface area (Å²) >= 11 is 17.7. The molecule has 1 saturated heterocycles. The monoisotopic (exact) mass is 614 g/mol. The highest BCUT2D eigenvalue weighted by Gasteiger charge is 2.45. The number of halogens is 2. The predicted molar refractivity (Wildman–Crippen MR) is 158 cm³/mol. The van der Waals surface area contributed by atoms with Crippen LogP contribution < -0.4 is 20.4 Å². The average Bonchev–Trinajstić information content (AvgIpc) is 3.16. The van der Waals surface area contributed by atoms with Gasteiger partial charge in [-0.05, 0) is 79.8 Å². The Kier molecular flexibility index (Phi) is 9.43. The minimum absolute atomic E-state index is 0.0706. The van der Waals surface area contributed by atoms with Crippen molar-refractivity contribution in [3.8, 4) is 5.75 Å². The van der Waals surface area contributed by atoms with Crippen LogP contribution in [-0.4, -0.2) is 53.6 Å². The summed E-state index contributed by atoms with van der Waals surface area (Å²) in [6.45, 7) is 1.90. The van der Waals surface area contributed by atoms with E-state index in [-0.39, 0.29) is 29.3 Å². The van der Waals surface area contributed by atoms with Crippen LogP contribution in [0.4, 0.5) is 11.4 Å². The molecule has 41 heavy (non-hydrogen) atoms. The lowest BCUT2D eigenvalue weighted by molar-refractivity contribution is -0.124. The van der Waals surface area contributed by atoms with E-state index in [1.54, 1.807) is 25.1 Å². The molecule has 1 unspecified atom stereocenters. The van der Waals surface area contributed by atoms with E-state index in [4.69, 9.17) is 44.9 Å². The second kappa shape index (κ2) is 13.0. The largest absolute Gasteiger partial charge is 0.497 e. The highest BCUT2D eigenvalue weighted by molar-refractivity contribution is 7.80. The van der Waals surface area contributed by atoms with E-state index < -0.39 is 29.7 Å². The van der Waals surface area contributed by atoms with Crippen molar-refractivity contribution in [1.82, 2.24) is 10.4 Å². The van der Waals surface area contributed by atoms with Crippen LogP contribution in [0.25, 0.3) is 0 Å². The van der Waals surface area contributed by atoms with Crippen molar-refractivity contribution in [3.63, 3.8) is 0 Å². The normalized spacial score (nSPS) is 14.6. The highest BCUT2D eigenvalue weighted by Crippen LogP contribution is 2.28. The molecule has 1 heterocycles. The number of nitrogens with zero attached hydrogens (tertiary/aromatic N) is 2. The molecule has 1 fully saturated rings. The smallest absolute Gasteiger partial charge is 0.338 e. The summed E-state index contributed by atoms with van der Waals surface area (Å²) in [5.74, 6) is -1.76. The van der Waals surface area contributed by atoms with E-state index in [0.717, 1.165) is 0 Å². The third-order valence-electron chi connectivity index (χ3n) is 5.93. The van der Waals surface area contributed by atoms with Crippen molar-refractivity contribution < 1.29 is 28.7 Å². The first-order valence-corrected chi connectivity index (χ1v) is 13.4. The van der Waals surface area contributed by atoms with Crippen LogP contribution in [0.3, 0.4) is 0 Å². The minimum Gasteiger partial charge on any atom is -0.497 e. The van der Waals surface area contributed by atoms with Gasteiger partial charge in [0, 0.05) is 21.3 Å². The van der Waals surface area contributed by atoms with Crippen molar-refractivity contribution in [2.75, 3.05) is 23.9 Å². The number of hydrogen-bond donors (Lipinski definition) is 2. The second-order valence-electron chi connectivity index (χ2n) is 8.69. The van der Waals surface area contributed by atoms with E-state index in [9.17, 15) is 19.2 Å². The van der Waals surface area contributed by atoms with Crippen molar-refractivity contribution >= 4 is 75.6 Å². The molecule has 4 rings (SSSR count). The first-order valence-electron chi connectivity index (χ1n) is 12.3. The van der Waals surface area contributed by atoms with Gasteiger partial charge in [-0.3, -0.25) is 24.7 Å². The van der Waals surface area contributed by atoms with Crippen LogP contribution in [0.15, 0.2) is 66.7 Å². The molecule has 0 aromatic heterocycles. The Bertz CT molecular complexity index is 1500. The number of methoxy groups -OCH3 is 1. The fraction of sp³-hybridized carbons (Fsp3) is 0.179. The lowest BCUT2D eigenvalue weighted by Crippen LogP contribution is -2.49. The molecule has 2 N–H and O–H groups in total. The van der Waals surface area contributed by atoms with Gasteiger partial charge in [0.05, 0.1) is 31.4 Å². The molecule has 3 aromatic carbocycles. The van der Waals surface area contributed by atoms with E-state index in [1.807, 2.05) is 0 Å². The Morgan fingerprint density at radius 1 is 0.976 bits per heavy atom. The molecule has 0 spiro atoms. The number of esters is 1. The number of amides is 3. The molecule has 1 aliphatic heterocycles. The molecule has 0 radical (unpaired) electrons. The number of benzene rings is 3. The number of ether oxygens (including phenoxy) is 2. The Balaban J connectivity index is 1.62. The lowest BCUT2D eigenvalue weighted by atomic mass is 10.1. The van der Waals surface area contributed by atoms with Gasteiger partial charge in [-0.15, -0.1) is 0 Å². The predicted octanol–water partition coefficient (Wildman–Crippen LogP) is 4.85. The maximum absolute atomic E-state index is 13.7. The molecule has 0 saturated carbocycles. The van der Waals surface area contributed by atoms with E-state index in [0.29, 0.717) is 27.2 Å². The number of anilines is 2. The van der Waals surface area contributed by atoms with Gasteiger partial charge in [0.2, 0.25) is 11.0 Å². The summed E-state index contributed by atoms with van der Waals surface area (Å²) in [5, 5.41) is 4.39. The van der Waals surface area contributed by atoms with Gasteiger partial charge in [0.1, 0.15) is 11.8 Å². The maximum Gasteiger partial charge on any atom is 0.338 e. The van der Waals surface area contributed by atoms with Crippen LogP contribution in [0.1, 0.15) is 34.1 Å². The van der Waals surface area contributed by atoms with Crippen molar-refractivity contribution in [2.24, 2.45) is 0 Å². The highest BCUT2D eigenvalue weighted by atomic mass is 35.5. The number of rotatable bonds is 9. The first-order chi connectivity index (χ1) is 19.6. The third-order valence-corrected chi connectivity index (χ3v) is 6.75.